The topological polar surface area (TPSA) is 54.5 Å². The van der Waals surface area contributed by atoms with E-state index in [1.165, 1.54) is 0 Å². The lowest BCUT2D eigenvalue weighted by atomic mass is 10.7. The Labute approximate surface area is 80.3 Å². The summed E-state index contributed by atoms with van der Waals surface area (Å²) in [5.41, 5.74) is 0. The van der Waals surface area contributed by atoms with Crippen LogP contribution >= 0.6 is 23.5 Å². The molecule has 0 aromatic carbocycles. The molecule has 0 saturated heterocycles. The predicted molar refractivity (Wildman–Crippen MR) is 53.2 cm³/mol. The minimum absolute atomic E-state index is 0.332. The summed E-state index contributed by atoms with van der Waals surface area (Å²) in [7, 11) is 0. The zero-order valence-electron chi connectivity index (χ0n) is 7.15. The van der Waals surface area contributed by atoms with Crippen LogP contribution in [0.5, 0.6) is 0 Å². The molecular weight excluding hydrogens is 192 g/mol. The summed E-state index contributed by atoms with van der Waals surface area (Å²) in [6.45, 7) is 4.27. The van der Waals surface area contributed by atoms with Crippen molar-refractivity contribution in [3.63, 3.8) is 0 Å². The van der Waals surface area contributed by atoms with Gasteiger partial charge in [-0.25, -0.2) is 0 Å². The largest absolute Gasteiger partial charge is 0.197 e. The first-order chi connectivity index (χ1) is 5.88. The van der Waals surface area contributed by atoms with Crippen LogP contribution in [0.1, 0.15) is 24.3 Å². The van der Waals surface area contributed by atoms with Gasteiger partial charge in [0.2, 0.25) is 0 Å². The summed E-state index contributed by atoms with van der Waals surface area (Å²) < 4.78 is 0.332. The van der Waals surface area contributed by atoms with Gasteiger partial charge in [0.25, 0.3) is 0 Å². The first-order valence-corrected chi connectivity index (χ1v) is 5.94. The van der Waals surface area contributed by atoms with Gasteiger partial charge in [0.05, 0.1) is 0 Å². The van der Waals surface area contributed by atoms with Crippen LogP contribution in [-0.2, 0) is 0 Å². The molecule has 0 atom stereocenters. The molecule has 0 bridgehead atoms. The summed E-state index contributed by atoms with van der Waals surface area (Å²) in [6, 6.07) is 0. The summed E-state index contributed by atoms with van der Waals surface area (Å²) in [4.78, 5) is 0. The minimum Gasteiger partial charge on any atom is -0.177 e. The van der Waals surface area contributed by atoms with Gasteiger partial charge in [-0.15, -0.1) is 33.7 Å². The summed E-state index contributed by atoms with van der Waals surface area (Å²) in [5, 5.41) is 13.9. The van der Waals surface area contributed by atoms with Gasteiger partial charge in [0, 0.05) is 0 Å². The van der Waals surface area contributed by atoms with Crippen LogP contribution in [0.4, 0.5) is 0 Å². The number of tetrazole rings is 1. The number of aromatic nitrogens is 4. The van der Waals surface area contributed by atoms with Crippen LogP contribution in [0.15, 0.2) is 0 Å². The average molecular weight is 204 g/mol. The minimum atomic E-state index is 0.332. The molecule has 0 aliphatic carbocycles. The van der Waals surface area contributed by atoms with E-state index in [1.54, 1.807) is 0 Å². The number of nitrogens with zero attached hydrogens (tertiary/aromatic N) is 3. The highest BCUT2D eigenvalue weighted by Gasteiger charge is 2.14. The average Bonchev–Trinajstić information content (AvgIpc) is 2.56. The predicted octanol–water partition coefficient (Wildman–Crippen LogP) is 1.70. The Bertz CT molecular complexity index is 195. The Morgan fingerprint density at radius 1 is 1.33 bits per heavy atom. The smallest absolute Gasteiger partial charge is 0.177 e. The Morgan fingerprint density at radius 3 is 2.42 bits per heavy atom. The third-order valence-corrected chi connectivity index (χ3v) is 3.72. The number of nitrogens with one attached hydrogen (secondary N) is 1. The molecule has 68 valence electrons. The molecule has 1 rings (SSSR count). The van der Waals surface area contributed by atoms with Crippen molar-refractivity contribution in [3.8, 4) is 0 Å². The molecule has 12 heavy (non-hydrogen) atoms. The fourth-order valence-corrected chi connectivity index (χ4v) is 3.07. The van der Waals surface area contributed by atoms with E-state index in [0.717, 1.165) is 17.3 Å². The van der Waals surface area contributed by atoms with E-state index >= 15 is 0 Å². The van der Waals surface area contributed by atoms with Gasteiger partial charge in [-0.1, -0.05) is 19.1 Å². The number of H-pyrrole nitrogens is 1. The first kappa shape index (κ1) is 9.85. The van der Waals surface area contributed by atoms with Crippen LogP contribution in [0.3, 0.4) is 0 Å². The van der Waals surface area contributed by atoms with Gasteiger partial charge in [0.1, 0.15) is 4.58 Å². The van der Waals surface area contributed by atoms with Crippen LogP contribution in [0.25, 0.3) is 0 Å². The lowest BCUT2D eigenvalue weighted by Crippen LogP contribution is -1.93. The van der Waals surface area contributed by atoms with Gasteiger partial charge in [-0.3, -0.25) is 0 Å². The maximum absolute atomic E-state index is 3.96. The van der Waals surface area contributed by atoms with Crippen LogP contribution in [-0.4, -0.2) is 32.1 Å². The number of aromatic amines is 1. The Hall–Kier alpha value is -0.230. The van der Waals surface area contributed by atoms with Gasteiger partial charge >= 0.3 is 0 Å². The molecule has 0 unspecified atom stereocenters. The van der Waals surface area contributed by atoms with Crippen molar-refractivity contribution in [2.24, 2.45) is 0 Å². The third kappa shape index (κ3) is 2.67. The second-order valence-electron chi connectivity index (χ2n) is 2.01. The van der Waals surface area contributed by atoms with Gasteiger partial charge in [0.15, 0.2) is 5.82 Å². The van der Waals surface area contributed by atoms with Gasteiger partial charge in [-0.2, -0.15) is 5.21 Å². The molecule has 0 aliphatic heterocycles. The molecule has 4 nitrogen and oxygen atoms in total. The zero-order chi connectivity index (χ0) is 8.81. The van der Waals surface area contributed by atoms with E-state index in [1.807, 2.05) is 23.5 Å². The van der Waals surface area contributed by atoms with Crippen molar-refractivity contribution in [2.75, 3.05) is 11.5 Å². The summed E-state index contributed by atoms with van der Waals surface area (Å²) >= 11 is 3.67. The van der Waals surface area contributed by atoms with Crippen molar-refractivity contribution >= 4 is 23.5 Å². The highest BCUT2D eigenvalue weighted by atomic mass is 32.2. The van der Waals surface area contributed by atoms with Crippen molar-refractivity contribution in [1.29, 1.82) is 0 Å². The lowest BCUT2D eigenvalue weighted by molar-refractivity contribution is 0.881. The standard InChI is InChI=1S/C6H12N4S2/c1-3-11-6(12-4-2)5-7-9-10-8-5/h6H,3-4H2,1-2H3,(H,7,8,9,10). The number of hydrogen-bond donors (Lipinski definition) is 1. The molecule has 0 fully saturated rings. The van der Waals surface area contributed by atoms with E-state index in [9.17, 15) is 0 Å². The van der Waals surface area contributed by atoms with E-state index in [-0.39, 0.29) is 0 Å². The second-order valence-corrected chi connectivity index (χ2v) is 5.08. The molecule has 0 amide bonds. The summed E-state index contributed by atoms with van der Waals surface area (Å²) in [6.07, 6.45) is 0. The fourth-order valence-electron chi connectivity index (χ4n) is 0.769. The van der Waals surface area contributed by atoms with Crippen molar-refractivity contribution in [2.45, 2.75) is 18.4 Å². The number of thioether (sulfide) groups is 2. The molecule has 0 spiro atoms. The van der Waals surface area contributed by atoms with Crippen molar-refractivity contribution in [1.82, 2.24) is 20.6 Å². The Kier molecular flexibility index (Phi) is 4.45. The molecule has 1 N–H and O–H groups in total. The molecule has 6 heteroatoms. The molecule has 1 aromatic rings. The van der Waals surface area contributed by atoms with E-state index in [0.29, 0.717) is 4.58 Å². The second kappa shape index (κ2) is 5.42. The zero-order valence-corrected chi connectivity index (χ0v) is 8.78. The molecule has 1 heterocycles. The highest BCUT2D eigenvalue weighted by Crippen LogP contribution is 2.36. The maximum atomic E-state index is 3.96. The monoisotopic (exact) mass is 204 g/mol. The molecule has 0 radical (unpaired) electrons. The first-order valence-electron chi connectivity index (χ1n) is 3.85. The Morgan fingerprint density at radius 2 is 2.00 bits per heavy atom. The van der Waals surface area contributed by atoms with E-state index < -0.39 is 0 Å². The van der Waals surface area contributed by atoms with Crippen LogP contribution in [0.2, 0.25) is 0 Å². The maximum Gasteiger partial charge on any atom is 0.197 e. The van der Waals surface area contributed by atoms with E-state index in [2.05, 4.69) is 34.5 Å². The molecule has 0 aliphatic rings. The Balaban J connectivity index is 2.53. The van der Waals surface area contributed by atoms with Gasteiger partial charge < -0.3 is 0 Å². The SMILES string of the molecule is CCSC(SCC)c1nn[nH]n1. The van der Waals surface area contributed by atoms with Crippen molar-refractivity contribution in [3.05, 3.63) is 5.82 Å². The molecular formula is C6H12N4S2. The van der Waals surface area contributed by atoms with E-state index in [4.69, 9.17) is 0 Å². The molecule has 0 saturated carbocycles. The fraction of sp³-hybridized carbons (Fsp3) is 0.833. The van der Waals surface area contributed by atoms with Crippen molar-refractivity contribution < 1.29 is 0 Å². The highest BCUT2D eigenvalue weighted by molar-refractivity contribution is 8.16. The van der Waals surface area contributed by atoms with Gasteiger partial charge in [-0.05, 0) is 11.5 Å². The summed E-state index contributed by atoms with van der Waals surface area (Å²) in [5.74, 6) is 2.95. The van der Waals surface area contributed by atoms with Crippen LogP contribution < -0.4 is 0 Å². The number of hydrogen-bond acceptors (Lipinski definition) is 5. The lowest BCUT2D eigenvalue weighted by Gasteiger charge is -2.08. The molecule has 1 aromatic heterocycles. The quantitative estimate of drug-likeness (QED) is 0.740. The van der Waals surface area contributed by atoms with Crippen LogP contribution in [0, 0.1) is 0 Å². The normalized spacial score (nSPS) is 10.9. The third-order valence-electron chi connectivity index (χ3n) is 1.21. The number of rotatable bonds is 5.